The van der Waals surface area contributed by atoms with E-state index in [1.807, 2.05) is 13.0 Å². The molecule has 7 heteroatoms. The van der Waals surface area contributed by atoms with Crippen molar-refractivity contribution in [2.75, 3.05) is 5.32 Å². The van der Waals surface area contributed by atoms with Gasteiger partial charge in [-0.2, -0.15) is 0 Å². The van der Waals surface area contributed by atoms with Crippen LogP contribution in [0.1, 0.15) is 19.4 Å². The standard InChI is InChI=1S/C19H19F2NO4/c1-11-5-4-6-15(9-11)25-13(3)19(24)26-12(2)18(23)22-17-10-14(20)7-8-16(17)21/h4-10,12-13H,1-3H3,(H,22,23)/t12-,13-/m0/s1. The zero-order valence-electron chi connectivity index (χ0n) is 14.6. The number of carbonyl (C=O) groups excluding carboxylic acids is 2. The zero-order chi connectivity index (χ0) is 19.3. The van der Waals surface area contributed by atoms with Gasteiger partial charge >= 0.3 is 5.97 Å². The molecule has 0 fully saturated rings. The predicted octanol–water partition coefficient (Wildman–Crippen LogP) is 3.61. The van der Waals surface area contributed by atoms with Gasteiger partial charge < -0.3 is 14.8 Å². The Bertz CT molecular complexity index is 810. The first-order valence-corrected chi connectivity index (χ1v) is 7.96. The molecule has 0 bridgehead atoms. The van der Waals surface area contributed by atoms with Gasteiger partial charge in [0.25, 0.3) is 5.91 Å². The maximum atomic E-state index is 13.5. The second-order valence-corrected chi connectivity index (χ2v) is 5.77. The van der Waals surface area contributed by atoms with E-state index in [0.717, 1.165) is 23.8 Å². The predicted molar refractivity (Wildman–Crippen MR) is 91.8 cm³/mol. The molecule has 2 rings (SSSR count). The lowest BCUT2D eigenvalue weighted by atomic mass is 10.2. The van der Waals surface area contributed by atoms with Crippen molar-refractivity contribution in [2.24, 2.45) is 0 Å². The largest absolute Gasteiger partial charge is 0.479 e. The maximum Gasteiger partial charge on any atom is 0.347 e. The van der Waals surface area contributed by atoms with Crippen molar-refractivity contribution in [3.63, 3.8) is 0 Å². The first-order chi connectivity index (χ1) is 12.3. The van der Waals surface area contributed by atoms with Gasteiger partial charge in [0.15, 0.2) is 12.2 Å². The molecule has 0 saturated carbocycles. The topological polar surface area (TPSA) is 64.6 Å². The number of anilines is 1. The Kier molecular flexibility index (Phi) is 6.27. The Hall–Kier alpha value is -2.96. The third kappa shape index (κ3) is 5.27. The maximum absolute atomic E-state index is 13.5. The minimum Gasteiger partial charge on any atom is -0.479 e. The lowest BCUT2D eigenvalue weighted by molar-refractivity contribution is -0.159. The minimum atomic E-state index is -1.21. The van der Waals surface area contributed by atoms with Crippen molar-refractivity contribution in [3.8, 4) is 5.75 Å². The second-order valence-electron chi connectivity index (χ2n) is 5.77. The fourth-order valence-electron chi connectivity index (χ4n) is 2.09. The Balaban J connectivity index is 1.92. The van der Waals surface area contributed by atoms with Crippen molar-refractivity contribution in [2.45, 2.75) is 33.0 Å². The van der Waals surface area contributed by atoms with Crippen LogP contribution < -0.4 is 10.1 Å². The Morgan fingerprint density at radius 3 is 2.46 bits per heavy atom. The smallest absolute Gasteiger partial charge is 0.347 e. The normalized spacial score (nSPS) is 12.8. The van der Waals surface area contributed by atoms with Gasteiger partial charge in [-0.15, -0.1) is 0 Å². The summed E-state index contributed by atoms with van der Waals surface area (Å²) < 4.78 is 37.2. The molecule has 0 unspecified atom stereocenters. The quantitative estimate of drug-likeness (QED) is 0.797. The summed E-state index contributed by atoms with van der Waals surface area (Å²) in [4.78, 5) is 24.1. The molecule has 5 nitrogen and oxygen atoms in total. The highest BCUT2D eigenvalue weighted by atomic mass is 19.1. The van der Waals surface area contributed by atoms with Gasteiger partial charge in [0.05, 0.1) is 5.69 Å². The van der Waals surface area contributed by atoms with Crippen LogP contribution in [0, 0.1) is 18.6 Å². The van der Waals surface area contributed by atoms with E-state index in [4.69, 9.17) is 9.47 Å². The van der Waals surface area contributed by atoms with Crippen molar-refractivity contribution >= 4 is 17.6 Å². The van der Waals surface area contributed by atoms with Gasteiger partial charge in [0, 0.05) is 6.07 Å². The molecular formula is C19H19F2NO4. The van der Waals surface area contributed by atoms with E-state index in [1.165, 1.54) is 13.8 Å². The molecule has 0 aromatic heterocycles. The minimum absolute atomic E-state index is 0.332. The zero-order valence-corrected chi connectivity index (χ0v) is 14.6. The number of carbonyl (C=O) groups is 2. The summed E-state index contributed by atoms with van der Waals surface area (Å²) >= 11 is 0. The van der Waals surface area contributed by atoms with Gasteiger partial charge in [-0.05, 0) is 50.6 Å². The first kappa shape index (κ1) is 19.4. The number of amides is 1. The number of aryl methyl sites for hydroxylation is 1. The summed E-state index contributed by atoms with van der Waals surface area (Å²) in [5, 5.41) is 2.18. The van der Waals surface area contributed by atoms with Crippen LogP contribution >= 0.6 is 0 Å². The van der Waals surface area contributed by atoms with Crippen molar-refractivity contribution in [3.05, 3.63) is 59.7 Å². The van der Waals surface area contributed by atoms with E-state index in [9.17, 15) is 18.4 Å². The molecular weight excluding hydrogens is 344 g/mol. The SMILES string of the molecule is Cc1cccc(O[C@@H](C)C(=O)O[C@@H](C)C(=O)Nc2cc(F)ccc2F)c1. The van der Waals surface area contributed by atoms with Crippen LogP contribution in [0.3, 0.4) is 0 Å². The van der Waals surface area contributed by atoms with E-state index >= 15 is 0 Å². The lowest BCUT2D eigenvalue weighted by Gasteiger charge is -2.18. The Labute approximate surface area is 149 Å². The van der Waals surface area contributed by atoms with Crippen LogP contribution in [-0.2, 0) is 14.3 Å². The lowest BCUT2D eigenvalue weighted by Crippen LogP contribution is -2.35. The molecule has 0 aliphatic heterocycles. The first-order valence-electron chi connectivity index (χ1n) is 7.96. The Morgan fingerprint density at radius 2 is 1.77 bits per heavy atom. The molecule has 0 spiro atoms. The molecule has 0 heterocycles. The van der Waals surface area contributed by atoms with Crippen LogP contribution in [0.5, 0.6) is 5.75 Å². The average molecular weight is 363 g/mol. The molecule has 0 aliphatic rings. The van der Waals surface area contributed by atoms with Gasteiger partial charge in [-0.1, -0.05) is 12.1 Å². The molecule has 2 aromatic rings. The monoisotopic (exact) mass is 363 g/mol. The van der Waals surface area contributed by atoms with Crippen LogP contribution in [0.15, 0.2) is 42.5 Å². The number of hydrogen-bond donors (Lipinski definition) is 1. The average Bonchev–Trinajstić information content (AvgIpc) is 2.58. The van der Waals surface area contributed by atoms with E-state index in [1.54, 1.807) is 18.2 Å². The van der Waals surface area contributed by atoms with Gasteiger partial charge in [0.1, 0.15) is 17.4 Å². The van der Waals surface area contributed by atoms with Crippen molar-refractivity contribution < 1.29 is 27.8 Å². The summed E-state index contributed by atoms with van der Waals surface area (Å²) in [6.07, 6.45) is -2.16. The van der Waals surface area contributed by atoms with Crippen LogP contribution in [0.25, 0.3) is 0 Å². The number of halogens is 2. The van der Waals surface area contributed by atoms with E-state index in [2.05, 4.69) is 5.32 Å². The summed E-state index contributed by atoms with van der Waals surface area (Å²) in [6, 6.07) is 9.77. The van der Waals surface area contributed by atoms with Crippen molar-refractivity contribution in [1.82, 2.24) is 0 Å². The van der Waals surface area contributed by atoms with E-state index < -0.39 is 35.7 Å². The van der Waals surface area contributed by atoms with Gasteiger partial charge in [-0.25, -0.2) is 13.6 Å². The summed E-state index contributed by atoms with van der Waals surface area (Å²) in [7, 11) is 0. The van der Waals surface area contributed by atoms with Crippen LogP contribution in [-0.4, -0.2) is 24.1 Å². The number of nitrogens with one attached hydrogen (secondary N) is 1. The van der Waals surface area contributed by atoms with Crippen molar-refractivity contribution in [1.29, 1.82) is 0 Å². The second kappa shape index (κ2) is 8.42. The molecule has 2 aromatic carbocycles. The highest BCUT2D eigenvalue weighted by Gasteiger charge is 2.24. The van der Waals surface area contributed by atoms with Gasteiger partial charge in [-0.3, -0.25) is 4.79 Å². The molecule has 1 N–H and O–H groups in total. The van der Waals surface area contributed by atoms with Crippen LogP contribution in [0.2, 0.25) is 0 Å². The van der Waals surface area contributed by atoms with E-state index in [0.29, 0.717) is 5.75 Å². The van der Waals surface area contributed by atoms with Gasteiger partial charge in [0.2, 0.25) is 0 Å². The molecule has 1 amide bonds. The third-order valence-electron chi connectivity index (χ3n) is 3.48. The highest BCUT2D eigenvalue weighted by Crippen LogP contribution is 2.17. The number of benzene rings is 2. The molecule has 138 valence electrons. The molecule has 0 radical (unpaired) electrons. The summed E-state index contributed by atoms with van der Waals surface area (Å²) in [5.74, 6) is -2.55. The molecule has 26 heavy (non-hydrogen) atoms. The number of rotatable bonds is 6. The van der Waals surface area contributed by atoms with Crippen LogP contribution in [0.4, 0.5) is 14.5 Å². The fraction of sp³-hybridized carbons (Fsp3) is 0.263. The summed E-state index contributed by atoms with van der Waals surface area (Å²) in [6.45, 7) is 4.69. The fourth-order valence-corrected chi connectivity index (χ4v) is 2.09. The van der Waals surface area contributed by atoms with E-state index in [-0.39, 0.29) is 5.69 Å². The number of hydrogen-bond acceptors (Lipinski definition) is 4. The number of ether oxygens (including phenoxy) is 2. The number of esters is 1. The summed E-state index contributed by atoms with van der Waals surface area (Å²) in [5.41, 5.74) is 0.634. The molecule has 0 saturated heterocycles. The molecule has 2 atom stereocenters. The molecule has 0 aliphatic carbocycles. The Morgan fingerprint density at radius 1 is 1.04 bits per heavy atom. The highest BCUT2D eigenvalue weighted by molar-refractivity contribution is 5.95. The third-order valence-corrected chi connectivity index (χ3v) is 3.48.